The summed E-state index contributed by atoms with van der Waals surface area (Å²) in [6.45, 7) is 0.459. The van der Waals surface area contributed by atoms with Crippen molar-refractivity contribution in [2.24, 2.45) is 0 Å². The second-order valence-electron chi connectivity index (χ2n) is 4.80. The van der Waals surface area contributed by atoms with E-state index in [1.165, 1.54) is 5.56 Å². The molecule has 0 spiro atoms. The number of fused-ring (bicyclic) bond motifs is 1. The first-order chi connectivity index (χ1) is 9.24. The Labute approximate surface area is 117 Å². The predicted octanol–water partition coefficient (Wildman–Crippen LogP) is 3.90. The van der Waals surface area contributed by atoms with E-state index in [0.29, 0.717) is 6.61 Å². The lowest BCUT2D eigenvalue weighted by Crippen LogP contribution is -1.97. The Balaban J connectivity index is 1.73. The first kappa shape index (κ1) is 12.5. The molecule has 3 rings (SSSR count). The maximum atomic E-state index is 9.76. The lowest BCUT2D eigenvalue weighted by Gasteiger charge is -2.10. The van der Waals surface area contributed by atoms with E-state index in [9.17, 15) is 5.11 Å². The molecule has 1 N–H and O–H groups in total. The molecule has 0 bridgehead atoms. The van der Waals surface area contributed by atoms with Gasteiger partial charge in [0.1, 0.15) is 12.4 Å². The van der Waals surface area contributed by atoms with Gasteiger partial charge in [-0.15, -0.1) is 0 Å². The van der Waals surface area contributed by atoms with Crippen LogP contribution in [0.4, 0.5) is 0 Å². The summed E-state index contributed by atoms with van der Waals surface area (Å²) in [5, 5.41) is 10.5. The van der Waals surface area contributed by atoms with Crippen molar-refractivity contribution in [2.75, 3.05) is 0 Å². The maximum absolute atomic E-state index is 9.76. The Hall–Kier alpha value is -1.51. The largest absolute Gasteiger partial charge is 0.489 e. The average molecular weight is 275 g/mol. The van der Waals surface area contributed by atoms with E-state index in [1.54, 1.807) is 0 Å². The van der Waals surface area contributed by atoms with Crippen LogP contribution >= 0.6 is 11.6 Å². The fourth-order valence-electron chi connectivity index (χ4n) is 2.44. The van der Waals surface area contributed by atoms with Crippen LogP contribution in [0.1, 0.15) is 29.2 Å². The summed E-state index contributed by atoms with van der Waals surface area (Å²) in [7, 11) is 0. The second-order valence-corrected chi connectivity index (χ2v) is 5.20. The third-order valence-electron chi connectivity index (χ3n) is 3.51. The highest BCUT2D eigenvalue weighted by Crippen LogP contribution is 2.33. The second kappa shape index (κ2) is 5.24. The molecule has 19 heavy (non-hydrogen) atoms. The van der Waals surface area contributed by atoms with Crippen LogP contribution in [0.5, 0.6) is 5.75 Å². The molecule has 0 radical (unpaired) electrons. The summed E-state index contributed by atoms with van der Waals surface area (Å²) in [5.41, 5.74) is 3.19. The van der Waals surface area contributed by atoms with E-state index in [2.05, 4.69) is 0 Å². The van der Waals surface area contributed by atoms with Crippen LogP contribution < -0.4 is 4.74 Å². The molecule has 0 heterocycles. The summed E-state index contributed by atoms with van der Waals surface area (Å²) in [6.07, 6.45) is 1.41. The standard InChI is InChI=1S/C16H15ClO2/c17-15-4-2-1-3-12(15)10-19-13-6-7-14-11(9-13)5-8-16(14)18/h1-4,6-7,9,16,18H,5,8,10H2/t16-/m0/s1. The summed E-state index contributed by atoms with van der Waals surface area (Å²) in [5.74, 6) is 0.827. The van der Waals surface area contributed by atoms with Crippen molar-refractivity contribution in [1.29, 1.82) is 0 Å². The van der Waals surface area contributed by atoms with E-state index in [4.69, 9.17) is 16.3 Å². The van der Waals surface area contributed by atoms with Gasteiger partial charge in [-0.1, -0.05) is 35.9 Å². The van der Waals surface area contributed by atoms with Crippen LogP contribution in [0.25, 0.3) is 0 Å². The Morgan fingerprint density at radius 1 is 1.21 bits per heavy atom. The summed E-state index contributed by atoms with van der Waals surface area (Å²) < 4.78 is 5.77. The van der Waals surface area contributed by atoms with Gasteiger partial charge in [0.15, 0.2) is 0 Å². The van der Waals surface area contributed by atoms with Gasteiger partial charge < -0.3 is 9.84 Å². The molecule has 0 aromatic heterocycles. The minimum absolute atomic E-state index is 0.312. The molecule has 98 valence electrons. The first-order valence-corrected chi connectivity index (χ1v) is 6.79. The number of aliphatic hydroxyl groups excluding tert-OH is 1. The van der Waals surface area contributed by atoms with Gasteiger partial charge in [-0.25, -0.2) is 0 Å². The molecule has 2 aromatic carbocycles. The van der Waals surface area contributed by atoms with E-state index in [-0.39, 0.29) is 6.10 Å². The summed E-state index contributed by atoms with van der Waals surface area (Å²) >= 11 is 6.09. The van der Waals surface area contributed by atoms with Crippen molar-refractivity contribution in [1.82, 2.24) is 0 Å². The van der Waals surface area contributed by atoms with Gasteiger partial charge in [0.2, 0.25) is 0 Å². The molecular weight excluding hydrogens is 260 g/mol. The summed E-state index contributed by atoms with van der Waals surface area (Å²) in [6, 6.07) is 13.5. The molecule has 0 aliphatic heterocycles. The van der Waals surface area contributed by atoms with Crippen LogP contribution in [0.3, 0.4) is 0 Å². The number of rotatable bonds is 3. The zero-order valence-corrected chi connectivity index (χ0v) is 11.2. The molecular formula is C16H15ClO2. The smallest absolute Gasteiger partial charge is 0.120 e. The number of halogens is 1. The third kappa shape index (κ3) is 2.60. The van der Waals surface area contributed by atoms with E-state index >= 15 is 0 Å². The molecule has 2 nitrogen and oxygen atoms in total. The zero-order chi connectivity index (χ0) is 13.2. The fraction of sp³-hybridized carbons (Fsp3) is 0.250. The number of aliphatic hydroxyl groups is 1. The van der Waals surface area contributed by atoms with Crippen LogP contribution in [0.15, 0.2) is 42.5 Å². The topological polar surface area (TPSA) is 29.5 Å². The van der Waals surface area contributed by atoms with E-state index < -0.39 is 0 Å². The van der Waals surface area contributed by atoms with Crippen LogP contribution in [0.2, 0.25) is 5.02 Å². The van der Waals surface area contributed by atoms with Gasteiger partial charge in [0, 0.05) is 10.6 Å². The molecule has 0 unspecified atom stereocenters. The highest BCUT2D eigenvalue weighted by atomic mass is 35.5. The SMILES string of the molecule is O[C@H]1CCc2cc(OCc3ccccc3Cl)ccc21. The van der Waals surface area contributed by atoms with Crippen molar-refractivity contribution in [2.45, 2.75) is 25.6 Å². The number of hydrogen-bond acceptors (Lipinski definition) is 2. The minimum atomic E-state index is -0.312. The lowest BCUT2D eigenvalue weighted by atomic mass is 10.1. The quantitative estimate of drug-likeness (QED) is 0.920. The molecule has 3 heteroatoms. The van der Waals surface area contributed by atoms with Crippen molar-refractivity contribution in [3.05, 3.63) is 64.2 Å². The van der Waals surface area contributed by atoms with Gasteiger partial charge >= 0.3 is 0 Å². The normalized spacial score (nSPS) is 17.3. The van der Waals surface area contributed by atoms with Crippen molar-refractivity contribution >= 4 is 11.6 Å². The average Bonchev–Trinajstić information content (AvgIpc) is 2.79. The minimum Gasteiger partial charge on any atom is -0.489 e. The van der Waals surface area contributed by atoms with Gasteiger partial charge in [-0.3, -0.25) is 0 Å². The van der Waals surface area contributed by atoms with Crippen LogP contribution in [-0.4, -0.2) is 5.11 Å². The van der Waals surface area contributed by atoms with Gasteiger partial charge in [0.05, 0.1) is 6.10 Å². The molecule has 1 atom stereocenters. The maximum Gasteiger partial charge on any atom is 0.120 e. The highest BCUT2D eigenvalue weighted by Gasteiger charge is 2.20. The summed E-state index contributed by atoms with van der Waals surface area (Å²) in [4.78, 5) is 0. The van der Waals surface area contributed by atoms with Gasteiger partial charge in [-0.05, 0) is 42.2 Å². The fourth-order valence-corrected chi connectivity index (χ4v) is 2.63. The molecule has 1 aliphatic rings. The molecule has 0 saturated heterocycles. The van der Waals surface area contributed by atoms with E-state index in [1.807, 2.05) is 42.5 Å². The molecule has 0 fully saturated rings. The molecule has 0 saturated carbocycles. The molecule has 1 aliphatic carbocycles. The monoisotopic (exact) mass is 274 g/mol. The lowest BCUT2D eigenvalue weighted by molar-refractivity contribution is 0.180. The molecule has 2 aromatic rings. The number of hydrogen-bond donors (Lipinski definition) is 1. The molecule has 0 amide bonds. The Bertz CT molecular complexity index is 595. The van der Waals surface area contributed by atoms with Crippen molar-refractivity contribution in [3.63, 3.8) is 0 Å². The Morgan fingerprint density at radius 2 is 2.05 bits per heavy atom. The highest BCUT2D eigenvalue weighted by molar-refractivity contribution is 6.31. The third-order valence-corrected chi connectivity index (χ3v) is 3.88. The Morgan fingerprint density at radius 3 is 2.89 bits per heavy atom. The van der Waals surface area contributed by atoms with Crippen LogP contribution in [0, 0.1) is 0 Å². The number of aryl methyl sites for hydroxylation is 1. The van der Waals surface area contributed by atoms with Gasteiger partial charge in [-0.2, -0.15) is 0 Å². The first-order valence-electron chi connectivity index (χ1n) is 6.41. The van der Waals surface area contributed by atoms with Crippen LogP contribution in [-0.2, 0) is 13.0 Å². The van der Waals surface area contributed by atoms with Crippen molar-refractivity contribution < 1.29 is 9.84 Å². The van der Waals surface area contributed by atoms with Crippen molar-refractivity contribution in [3.8, 4) is 5.75 Å². The zero-order valence-electron chi connectivity index (χ0n) is 10.5. The number of benzene rings is 2. The Kier molecular flexibility index (Phi) is 3.45. The predicted molar refractivity (Wildman–Crippen MR) is 75.5 cm³/mol. The number of ether oxygens (including phenoxy) is 1. The van der Waals surface area contributed by atoms with Gasteiger partial charge in [0.25, 0.3) is 0 Å². The van der Waals surface area contributed by atoms with E-state index in [0.717, 1.165) is 34.7 Å².